The summed E-state index contributed by atoms with van der Waals surface area (Å²) in [6.45, 7) is 7.88. The highest BCUT2D eigenvalue weighted by Crippen LogP contribution is 2.57. The Balaban J connectivity index is 1.56. The average Bonchev–Trinajstić information content (AvgIpc) is 2.28. The lowest BCUT2D eigenvalue weighted by molar-refractivity contribution is -0.176. The van der Waals surface area contributed by atoms with Crippen LogP contribution in [-0.4, -0.2) is 24.8 Å². The van der Waals surface area contributed by atoms with Gasteiger partial charge in [-0.3, -0.25) is 0 Å². The second-order valence-electron chi connectivity index (χ2n) is 7.49. The van der Waals surface area contributed by atoms with E-state index in [0.29, 0.717) is 11.5 Å². The van der Waals surface area contributed by atoms with Crippen molar-refractivity contribution < 1.29 is 4.74 Å². The van der Waals surface area contributed by atoms with Crippen molar-refractivity contribution in [2.45, 2.75) is 83.9 Å². The molecule has 110 valence electrons. The Morgan fingerprint density at radius 1 is 1.16 bits per heavy atom. The first kappa shape index (κ1) is 13.9. The summed E-state index contributed by atoms with van der Waals surface area (Å²) in [6, 6.07) is 1.51. The molecule has 2 nitrogen and oxygen atoms in total. The molecule has 0 saturated heterocycles. The van der Waals surface area contributed by atoms with Crippen LogP contribution < -0.4 is 5.32 Å². The summed E-state index contributed by atoms with van der Waals surface area (Å²) in [7, 11) is 0. The predicted molar refractivity (Wildman–Crippen MR) is 79.2 cm³/mol. The molecule has 0 aromatic heterocycles. The topological polar surface area (TPSA) is 21.3 Å². The van der Waals surface area contributed by atoms with Crippen LogP contribution in [0.3, 0.4) is 0 Å². The molecule has 0 aliphatic heterocycles. The number of hydrogen-bond donors (Lipinski definition) is 1. The fourth-order valence-corrected chi connectivity index (χ4v) is 4.84. The molecule has 0 bridgehead atoms. The Labute approximate surface area is 118 Å². The summed E-state index contributed by atoms with van der Waals surface area (Å²) in [5, 5.41) is 4.03. The Morgan fingerprint density at radius 2 is 1.95 bits per heavy atom. The van der Waals surface area contributed by atoms with Gasteiger partial charge < -0.3 is 10.1 Å². The van der Waals surface area contributed by atoms with Gasteiger partial charge in [-0.1, -0.05) is 20.3 Å². The highest BCUT2D eigenvalue weighted by molar-refractivity contribution is 5.12. The van der Waals surface area contributed by atoms with E-state index in [1.54, 1.807) is 0 Å². The van der Waals surface area contributed by atoms with Crippen LogP contribution in [0.5, 0.6) is 0 Å². The third-order valence-electron chi connectivity index (χ3n) is 6.28. The quantitative estimate of drug-likeness (QED) is 0.836. The molecular formula is C17H31NO. The van der Waals surface area contributed by atoms with E-state index in [9.17, 15) is 0 Å². The smallest absolute Gasteiger partial charge is 0.0661 e. The zero-order valence-corrected chi connectivity index (χ0v) is 13.0. The highest BCUT2D eigenvalue weighted by Gasteiger charge is 2.59. The van der Waals surface area contributed by atoms with E-state index in [4.69, 9.17) is 4.74 Å². The molecule has 5 unspecified atom stereocenters. The lowest BCUT2D eigenvalue weighted by Gasteiger charge is -2.62. The number of nitrogens with one attached hydrogen (secondary N) is 1. The Kier molecular flexibility index (Phi) is 3.92. The Bertz CT molecular complexity index is 312. The van der Waals surface area contributed by atoms with Crippen LogP contribution in [0.25, 0.3) is 0 Å². The van der Waals surface area contributed by atoms with E-state index in [0.717, 1.165) is 30.5 Å². The minimum absolute atomic E-state index is 0.527. The van der Waals surface area contributed by atoms with Gasteiger partial charge in [0.05, 0.1) is 6.10 Å². The van der Waals surface area contributed by atoms with Crippen molar-refractivity contribution in [2.24, 2.45) is 17.3 Å². The van der Waals surface area contributed by atoms with Crippen molar-refractivity contribution in [3.63, 3.8) is 0 Å². The van der Waals surface area contributed by atoms with Crippen LogP contribution >= 0.6 is 0 Å². The molecule has 19 heavy (non-hydrogen) atoms. The monoisotopic (exact) mass is 265 g/mol. The van der Waals surface area contributed by atoms with E-state index in [2.05, 4.69) is 26.1 Å². The summed E-state index contributed by atoms with van der Waals surface area (Å²) in [6.07, 6.45) is 10.2. The van der Waals surface area contributed by atoms with Gasteiger partial charge in [-0.25, -0.2) is 0 Å². The van der Waals surface area contributed by atoms with Gasteiger partial charge in [0.2, 0.25) is 0 Å². The van der Waals surface area contributed by atoms with Crippen molar-refractivity contribution in [3.8, 4) is 0 Å². The Morgan fingerprint density at radius 3 is 2.53 bits per heavy atom. The van der Waals surface area contributed by atoms with E-state index in [1.165, 1.54) is 44.9 Å². The van der Waals surface area contributed by atoms with Crippen molar-refractivity contribution in [3.05, 3.63) is 0 Å². The standard InChI is InChI=1S/C17H31NO/c1-4-19-16-11-15(17(16)8-5-9-17)18-14-7-6-12(2)10-13(14)3/h12-16,18H,4-11H2,1-3H3. The van der Waals surface area contributed by atoms with Crippen LogP contribution in [0.4, 0.5) is 0 Å². The third-order valence-corrected chi connectivity index (χ3v) is 6.28. The second kappa shape index (κ2) is 5.37. The van der Waals surface area contributed by atoms with Crippen molar-refractivity contribution in [1.29, 1.82) is 0 Å². The largest absolute Gasteiger partial charge is 0.378 e. The summed E-state index contributed by atoms with van der Waals surface area (Å²) in [4.78, 5) is 0. The molecule has 0 aromatic carbocycles. The maximum atomic E-state index is 5.96. The molecule has 2 heteroatoms. The molecule has 3 aliphatic rings. The van der Waals surface area contributed by atoms with Crippen LogP contribution in [0.1, 0.15) is 65.7 Å². The molecule has 0 amide bonds. The molecule has 0 heterocycles. The number of hydrogen-bond acceptors (Lipinski definition) is 2. The van der Waals surface area contributed by atoms with Gasteiger partial charge in [-0.15, -0.1) is 0 Å². The number of ether oxygens (including phenoxy) is 1. The Hall–Kier alpha value is -0.0800. The third kappa shape index (κ3) is 2.35. The second-order valence-corrected chi connectivity index (χ2v) is 7.49. The minimum Gasteiger partial charge on any atom is -0.378 e. The highest BCUT2D eigenvalue weighted by atomic mass is 16.5. The normalized spacial score (nSPS) is 44.7. The van der Waals surface area contributed by atoms with Gasteiger partial charge in [0.25, 0.3) is 0 Å². The lowest BCUT2D eigenvalue weighted by Crippen LogP contribution is -2.68. The van der Waals surface area contributed by atoms with Gasteiger partial charge in [0, 0.05) is 24.1 Å². The SMILES string of the molecule is CCOC1CC(NC2CCC(C)CC2C)C12CCC2. The van der Waals surface area contributed by atoms with Gasteiger partial charge >= 0.3 is 0 Å². The molecule has 0 radical (unpaired) electrons. The first-order valence-corrected chi connectivity index (χ1v) is 8.53. The fourth-order valence-electron chi connectivity index (χ4n) is 4.84. The summed E-state index contributed by atoms with van der Waals surface area (Å²) in [5.41, 5.74) is 0.527. The first-order valence-electron chi connectivity index (χ1n) is 8.53. The van der Waals surface area contributed by atoms with Crippen LogP contribution in [0, 0.1) is 17.3 Å². The average molecular weight is 265 g/mol. The molecule has 5 atom stereocenters. The fraction of sp³-hybridized carbons (Fsp3) is 1.00. The van der Waals surface area contributed by atoms with Gasteiger partial charge in [-0.05, 0) is 57.3 Å². The molecular weight excluding hydrogens is 234 g/mol. The molecule has 1 spiro atoms. The molecule has 1 N–H and O–H groups in total. The van der Waals surface area contributed by atoms with Crippen LogP contribution in [0.2, 0.25) is 0 Å². The van der Waals surface area contributed by atoms with Gasteiger partial charge in [0.1, 0.15) is 0 Å². The van der Waals surface area contributed by atoms with Gasteiger partial charge in [0.15, 0.2) is 0 Å². The summed E-state index contributed by atoms with van der Waals surface area (Å²) >= 11 is 0. The maximum absolute atomic E-state index is 5.96. The molecule has 3 saturated carbocycles. The molecule has 3 fully saturated rings. The van der Waals surface area contributed by atoms with E-state index < -0.39 is 0 Å². The van der Waals surface area contributed by atoms with Crippen molar-refractivity contribution in [1.82, 2.24) is 5.32 Å². The van der Waals surface area contributed by atoms with E-state index in [-0.39, 0.29) is 0 Å². The van der Waals surface area contributed by atoms with Crippen molar-refractivity contribution >= 4 is 0 Å². The predicted octanol–water partition coefficient (Wildman–Crippen LogP) is 3.75. The van der Waals surface area contributed by atoms with E-state index >= 15 is 0 Å². The maximum Gasteiger partial charge on any atom is 0.0661 e. The van der Waals surface area contributed by atoms with Gasteiger partial charge in [-0.2, -0.15) is 0 Å². The summed E-state index contributed by atoms with van der Waals surface area (Å²) in [5.74, 6) is 1.79. The van der Waals surface area contributed by atoms with Crippen LogP contribution in [-0.2, 0) is 4.74 Å². The zero-order valence-electron chi connectivity index (χ0n) is 13.0. The molecule has 3 rings (SSSR count). The minimum atomic E-state index is 0.527. The first-order chi connectivity index (χ1) is 9.15. The van der Waals surface area contributed by atoms with E-state index in [1.807, 2.05) is 0 Å². The lowest BCUT2D eigenvalue weighted by atomic mass is 9.50. The molecule has 0 aromatic rings. The van der Waals surface area contributed by atoms with Crippen molar-refractivity contribution in [2.75, 3.05) is 6.61 Å². The van der Waals surface area contributed by atoms with Crippen LogP contribution in [0.15, 0.2) is 0 Å². The zero-order chi connectivity index (χ0) is 13.5. The molecule has 3 aliphatic carbocycles. The summed E-state index contributed by atoms with van der Waals surface area (Å²) < 4.78 is 5.96. The number of rotatable bonds is 4.